The number of sulfone groups is 1. The van der Waals surface area contributed by atoms with E-state index in [1.54, 1.807) is 30.2 Å². The summed E-state index contributed by atoms with van der Waals surface area (Å²) >= 11 is 9.68. The molecule has 11 nitrogen and oxygen atoms in total. The maximum absolute atomic E-state index is 15.1. The minimum atomic E-state index is -4.15. The summed E-state index contributed by atoms with van der Waals surface area (Å²) in [7, 11) is -2.39. The molecule has 2 saturated heterocycles. The number of rotatable bonds is 7. The Hall–Kier alpha value is -3.38. The molecular formula is C28H26BrClFN7O4S. The summed E-state index contributed by atoms with van der Waals surface area (Å²) in [6, 6.07) is 6.62. The third-order valence-corrected chi connectivity index (χ3v) is 11.4. The predicted octanol–water partition coefficient (Wildman–Crippen LogP) is 2.84. The number of amides is 2. The lowest BCUT2D eigenvalue weighted by molar-refractivity contribution is -0.147. The molecule has 0 bridgehead atoms. The molecule has 4 heterocycles. The quantitative estimate of drug-likeness (QED) is 0.385. The van der Waals surface area contributed by atoms with Gasteiger partial charge in [-0.2, -0.15) is 10.4 Å². The lowest BCUT2D eigenvalue weighted by Crippen LogP contribution is -2.66. The molecule has 3 aliphatic rings. The number of carbonyl (C=O) groups excluding carboxylic acids is 2. The Morgan fingerprint density at radius 1 is 1.23 bits per heavy atom. The topological polar surface area (TPSA) is 150 Å². The van der Waals surface area contributed by atoms with Crippen molar-refractivity contribution in [2.45, 2.75) is 52.9 Å². The molecule has 3 aromatic rings. The van der Waals surface area contributed by atoms with Crippen molar-refractivity contribution in [2.24, 2.45) is 7.05 Å². The van der Waals surface area contributed by atoms with E-state index in [0.717, 1.165) is 5.56 Å². The van der Waals surface area contributed by atoms with Gasteiger partial charge in [0.05, 0.1) is 27.4 Å². The fourth-order valence-electron chi connectivity index (χ4n) is 5.70. The molecule has 2 amide bonds. The zero-order chi connectivity index (χ0) is 30.7. The van der Waals surface area contributed by atoms with Gasteiger partial charge in [0.15, 0.2) is 9.84 Å². The smallest absolute Gasteiger partial charge is 0.250 e. The fraction of sp³-hybridized carbons (Fsp3) is 0.393. The number of nitriles is 1. The van der Waals surface area contributed by atoms with E-state index >= 15 is 4.39 Å². The van der Waals surface area contributed by atoms with E-state index in [-0.39, 0.29) is 35.0 Å². The van der Waals surface area contributed by atoms with Crippen LogP contribution in [0.4, 0.5) is 4.39 Å². The fourth-order valence-corrected chi connectivity index (χ4v) is 8.25. The molecule has 0 spiro atoms. The molecule has 3 atom stereocenters. The molecule has 224 valence electrons. The zero-order valence-electron chi connectivity index (χ0n) is 22.8. The van der Waals surface area contributed by atoms with E-state index in [0.29, 0.717) is 29.4 Å². The maximum atomic E-state index is 15.1. The Bertz CT molecular complexity index is 1800. The number of carbonyl (C=O) groups is 2. The molecule has 1 aromatic carbocycles. The van der Waals surface area contributed by atoms with Gasteiger partial charge < -0.3 is 10.2 Å². The Kier molecular flexibility index (Phi) is 7.36. The van der Waals surface area contributed by atoms with Crippen LogP contribution in [0, 0.1) is 17.1 Å². The number of benzene rings is 1. The number of halogens is 3. The van der Waals surface area contributed by atoms with Gasteiger partial charge in [-0.1, -0.05) is 17.7 Å². The summed E-state index contributed by atoms with van der Waals surface area (Å²) in [5.74, 6) is -2.02. The zero-order valence-corrected chi connectivity index (χ0v) is 26.0. The minimum absolute atomic E-state index is 0.00758. The summed E-state index contributed by atoms with van der Waals surface area (Å²) in [4.78, 5) is 32.9. The second-order valence-corrected chi connectivity index (χ2v) is 14.7. The number of nitrogens with zero attached hydrogens (tertiary/aromatic N) is 5. The molecule has 6 rings (SSSR count). The van der Waals surface area contributed by atoms with Gasteiger partial charge in [-0.3, -0.25) is 24.6 Å². The van der Waals surface area contributed by atoms with E-state index in [1.165, 1.54) is 29.3 Å². The molecule has 2 aliphatic heterocycles. The summed E-state index contributed by atoms with van der Waals surface area (Å²) in [5, 5.41) is 18.2. The van der Waals surface area contributed by atoms with Crippen LogP contribution in [0.25, 0.3) is 11.1 Å². The lowest BCUT2D eigenvalue weighted by Gasteiger charge is -2.44. The van der Waals surface area contributed by atoms with E-state index < -0.39 is 49.8 Å². The van der Waals surface area contributed by atoms with Gasteiger partial charge in [-0.05, 0) is 71.9 Å². The first-order valence-corrected chi connectivity index (χ1v) is 16.2. The van der Waals surface area contributed by atoms with E-state index in [4.69, 9.17) is 11.6 Å². The second-order valence-electron chi connectivity index (χ2n) is 11.2. The number of pyridine rings is 1. The molecule has 0 radical (unpaired) electrons. The summed E-state index contributed by atoms with van der Waals surface area (Å²) in [5.41, 5.74) is -1.33. The number of likely N-dealkylation sites (tertiary alicyclic amines) is 1. The summed E-state index contributed by atoms with van der Waals surface area (Å²) in [6.07, 6.45) is 5.65. The third-order valence-electron chi connectivity index (χ3n) is 8.37. The molecule has 3 fully saturated rings. The van der Waals surface area contributed by atoms with Crippen molar-refractivity contribution >= 4 is 49.2 Å². The Morgan fingerprint density at radius 3 is 2.53 bits per heavy atom. The van der Waals surface area contributed by atoms with Gasteiger partial charge in [0.25, 0.3) is 0 Å². The molecule has 3 unspecified atom stereocenters. The minimum Gasteiger partial charge on any atom is -0.336 e. The van der Waals surface area contributed by atoms with Crippen molar-refractivity contribution in [2.75, 3.05) is 13.1 Å². The highest BCUT2D eigenvalue weighted by molar-refractivity contribution is 9.10. The van der Waals surface area contributed by atoms with Gasteiger partial charge in [0, 0.05) is 36.0 Å². The molecular weight excluding hydrogens is 665 g/mol. The first-order chi connectivity index (χ1) is 20.4. The summed E-state index contributed by atoms with van der Waals surface area (Å²) < 4.78 is 45.1. The Labute approximate surface area is 260 Å². The van der Waals surface area contributed by atoms with Gasteiger partial charge in [0.2, 0.25) is 11.8 Å². The van der Waals surface area contributed by atoms with Crippen molar-refractivity contribution in [1.29, 1.82) is 5.26 Å². The Morgan fingerprint density at radius 2 is 1.98 bits per heavy atom. The molecule has 43 heavy (non-hydrogen) atoms. The van der Waals surface area contributed by atoms with Crippen LogP contribution >= 0.6 is 27.5 Å². The normalized spacial score (nSPS) is 24.2. The SMILES string of the molecule is Cn1cc(-c2ccc(S(=O)(=O)C3CC(C(=O)NC4(C#N)CC4)N(C(=O)C4(c5ncc(Br)cc5F)CCN4)C3)c(Cl)c2)cn1. The standard InChI is InChI=1S/C28H26BrClFN7O4S/c1-37-13-17(11-35-37)16-2-3-23(20(30)8-16)43(41,42)19-10-22(25(39)36-27(15-32)4-5-27)38(14-19)26(40)28(6-7-34-28)24-21(31)9-18(29)12-33-24/h2-3,8-9,11-13,19,22,34H,4-7,10,14H2,1H3,(H,36,39). The number of hydrogen-bond donors (Lipinski definition) is 2. The number of hydrogen-bond acceptors (Lipinski definition) is 8. The van der Waals surface area contributed by atoms with E-state index in [9.17, 15) is 23.3 Å². The number of aromatic nitrogens is 3. The highest BCUT2D eigenvalue weighted by atomic mass is 79.9. The number of aryl methyl sites for hydroxylation is 1. The molecule has 2 N–H and O–H groups in total. The highest BCUT2D eigenvalue weighted by Gasteiger charge is 2.56. The lowest BCUT2D eigenvalue weighted by atomic mass is 9.82. The molecule has 1 aliphatic carbocycles. The molecule has 15 heteroatoms. The average molecular weight is 691 g/mol. The van der Waals surface area contributed by atoms with Crippen molar-refractivity contribution < 1.29 is 22.4 Å². The first kappa shape index (κ1) is 29.7. The van der Waals surface area contributed by atoms with Crippen LogP contribution in [0.5, 0.6) is 0 Å². The monoisotopic (exact) mass is 689 g/mol. The van der Waals surface area contributed by atoms with Crippen LogP contribution in [0.1, 0.15) is 31.4 Å². The van der Waals surface area contributed by atoms with Crippen LogP contribution in [0.3, 0.4) is 0 Å². The highest BCUT2D eigenvalue weighted by Crippen LogP contribution is 2.40. The number of nitrogens with one attached hydrogen (secondary N) is 2. The van der Waals surface area contributed by atoms with Crippen LogP contribution in [-0.4, -0.2) is 69.8 Å². The predicted molar refractivity (Wildman–Crippen MR) is 157 cm³/mol. The van der Waals surface area contributed by atoms with E-state index in [2.05, 4.69) is 42.7 Å². The van der Waals surface area contributed by atoms with Gasteiger partial charge in [0.1, 0.15) is 28.6 Å². The van der Waals surface area contributed by atoms with Crippen molar-refractivity contribution in [3.05, 3.63) is 63.9 Å². The van der Waals surface area contributed by atoms with Gasteiger partial charge in [-0.15, -0.1) is 0 Å². The van der Waals surface area contributed by atoms with Crippen LogP contribution in [0.2, 0.25) is 5.02 Å². The van der Waals surface area contributed by atoms with E-state index in [1.807, 2.05) is 0 Å². The molecule has 2 aromatic heterocycles. The Balaban J connectivity index is 1.34. The first-order valence-electron chi connectivity index (χ1n) is 13.5. The van der Waals surface area contributed by atoms with Crippen molar-refractivity contribution in [3.63, 3.8) is 0 Å². The van der Waals surface area contributed by atoms with Crippen LogP contribution in [0.15, 0.2) is 52.2 Å². The largest absolute Gasteiger partial charge is 0.336 e. The molecule has 1 saturated carbocycles. The maximum Gasteiger partial charge on any atom is 0.250 e. The second kappa shape index (κ2) is 10.7. The van der Waals surface area contributed by atoms with Gasteiger partial charge in [-0.25, -0.2) is 12.8 Å². The van der Waals surface area contributed by atoms with Crippen molar-refractivity contribution in [1.82, 2.24) is 30.3 Å². The van der Waals surface area contributed by atoms with Crippen molar-refractivity contribution in [3.8, 4) is 17.2 Å². The van der Waals surface area contributed by atoms with Gasteiger partial charge >= 0.3 is 0 Å². The summed E-state index contributed by atoms with van der Waals surface area (Å²) in [6.45, 7) is 0.0624. The average Bonchev–Trinajstić information content (AvgIpc) is 3.33. The van der Waals surface area contributed by atoms with Crippen LogP contribution in [-0.2, 0) is 32.0 Å². The van der Waals surface area contributed by atoms with Crippen LogP contribution < -0.4 is 10.6 Å². The third kappa shape index (κ3) is 5.12.